The van der Waals surface area contributed by atoms with Crippen LogP contribution in [-0.4, -0.2) is 19.2 Å². The van der Waals surface area contributed by atoms with Crippen molar-refractivity contribution < 1.29 is 23.4 Å². The van der Waals surface area contributed by atoms with Gasteiger partial charge in [-0.1, -0.05) is 64.2 Å². The first-order chi connectivity index (χ1) is 15.1. The van der Waals surface area contributed by atoms with E-state index in [1.807, 2.05) is 12.1 Å². The van der Waals surface area contributed by atoms with E-state index in [4.69, 9.17) is 14.2 Å². The summed E-state index contributed by atoms with van der Waals surface area (Å²) in [6.45, 7) is 5.44. The molecule has 0 spiro atoms. The molecule has 1 fully saturated rings. The van der Waals surface area contributed by atoms with Crippen LogP contribution in [0.25, 0.3) is 0 Å². The zero-order valence-corrected chi connectivity index (χ0v) is 18.6. The van der Waals surface area contributed by atoms with E-state index in [0.717, 1.165) is 19.3 Å². The number of hydrogen-bond acceptors (Lipinski definition) is 4. The number of unbranched alkanes of at least 4 members (excludes halogenated alkanes) is 3. The molecule has 1 heterocycles. The fourth-order valence-electron chi connectivity index (χ4n) is 3.77. The summed E-state index contributed by atoms with van der Waals surface area (Å²) in [5, 5.41) is 0. The Morgan fingerprint density at radius 2 is 1.74 bits per heavy atom. The fourth-order valence-corrected chi connectivity index (χ4v) is 3.77. The minimum Gasteiger partial charge on any atom is -0.423 e. The Morgan fingerprint density at radius 3 is 2.39 bits per heavy atom. The van der Waals surface area contributed by atoms with Crippen molar-refractivity contribution in [1.29, 1.82) is 0 Å². The first-order valence-corrected chi connectivity index (χ1v) is 11.4. The van der Waals surface area contributed by atoms with Crippen molar-refractivity contribution in [3.05, 3.63) is 65.0 Å². The third-order valence-corrected chi connectivity index (χ3v) is 5.60. The first kappa shape index (κ1) is 23.4. The van der Waals surface area contributed by atoms with Crippen LogP contribution < -0.4 is 4.74 Å². The number of halogens is 1. The molecule has 3 rings (SSSR count). The van der Waals surface area contributed by atoms with Crippen molar-refractivity contribution >= 4 is 5.97 Å². The highest BCUT2D eigenvalue weighted by Gasteiger charge is 2.26. The SMILES string of the molecule is CCCCCCC1COC(c2ccc(C(=O)Oc3ccc(CCC)cc3)cc2F)OC1. The Bertz CT molecular complexity index is 826. The molecule has 2 aromatic rings. The van der Waals surface area contributed by atoms with E-state index < -0.39 is 18.1 Å². The van der Waals surface area contributed by atoms with Crippen LogP contribution in [0.2, 0.25) is 0 Å². The minimum atomic E-state index is -0.733. The van der Waals surface area contributed by atoms with Crippen molar-refractivity contribution in [3.8, 4) is 5.75 Å². The second kappa shape index (κ2) is 12.0. The van der Waals surface area contributed by atoms with Crippen LogP contribution in [0.5, 0.6) is 5.75 Å². The summed E-state index contributed by atoms with van der Waals surface area (Å²) in [4.78, 5) is 12.4. The number of benzene rings is 2. The van der Waals surface area contributed by atoms with E-state index in [1.54, 1.807) is 24.3 Å². The molecule has 4 nitrogen and oxygen atoms in total. The van der Waals surface area contributed by atoms with Gasteiger partial charge in [0, 0.05) is 11.5 Å². The number of aryl methyl sites for hydroxylation is 1. The lowest BCUT2D eigenvalue weighted by Gasteiger charge is -2.30. The number of carbonyl (C=O) groups excluding carboxylic acids is 1. The number of rotatable bonds is 10. The Kier molecular flexibility index (Phi) is 9.04. The second-order valence-corrected chi connectivity index (χ2v) is 8.23. The van der Waals surface area contributed by atoms with Gasteiger partial charge in [0.25, 0.3) is 0 Å². The average Bonchev–Trinajstić information content (AvgIpc) is 2.79. The van der Waals surface area contributed by atoms with Gasteiger partial charge in [0.2, 0.25) is 0 Å². The highest BCUT2D eigenvalue weighted by Crippen LogP contribution is 2.29. The quantitative estimate of drug-likeness (QED) is 0.242. The number of hydrogen-bond donors (Lipinski definition) is 0. The van der Waals surface area contributed by atoms with Gasteiger partial charge in [-0.2, -0.15) is 0 Å². The lowest BCUT2D eigenvalue weighted by molar-refractivity contribution is -0.207. The average molecular weight is 429 g/mol. The monoisotopic (exact) mass is 428 g/mol. The molecule has 0 radical (unpaired) electrons. The third-order valence-electron chi connectivity index (χ3n) is 5.60. The molecule has 0 saturated carbocycles. The maximum atomic E-state index is 14.7. The largest absolute Gasteiger partial charge is 0.423 e. The molecule has 1 aliphatic heterocycles. The summed E-state index contributed by atoms with van der Waals surface area (Å²) < 4.78 is 31.6. The molecule has 2 aromatic carbocycles. The Hall–Kier alpha value is -2.24. The summed E-state index contributed by atoms with van der Waals surface area (Å²) in [6, 6.07) is 11.7. The molecule has 0 unspecified atom stereocenters. The summed E-state index contributed by atoms with van der Waals surface area (Å²) in [6.07, 6.45) is 7.23. The van der Waals surface area contributed by atoms with E-state index >= 15 is 0 Å². The van der Waals surface area contributed by atoms with Crippen molar-refractivity contribution in [2.24, 2.45) is 5.92 Å². The minimum absolute atomic E-state index is 0.156. The zero-order valence-electron chi connectivity index (χ0n) is 18.6. The Labute approximate surface area is 184 Å². The van der Waals surface area contributed by atoms with E-state index in [1.165, 1.54) is 37.3 Å². The molecule has 0 N–H and O–H groups in total. The van der Waals surface area contributed by atoms with Crippen LogP contribution in [0.1, 0.15) is 80.1 Å². The smallest absolute Gasteiger partial charge is 0.343 e. The topological polar surface area (TPSA) is 44.8 Å². The molecule has 1 aliphatic rings. The summed E-state index contributed by atoms with van der Waals surface area (Å²) in [5.74, 6) is -0.321. The Balaban J connectivity index is 1.53. The first-order valence-electron chi connectivity index (χ1n) is 11.4. The predicted molar refractivity (Wildman–Crippen MR) is 119 cm³/mol. The van der Waals surface area contributed by atoms with Crippen molar-refractivity contribution in [1.82, 2.24) is 0 Å². The molecule has 0 amide bonds. The lowest BCUT2D eigenvalue weighted by atomic mass is 10.0. The molecule has 0 atom stereocenters. The molecule has 31 heavy (non-hydrogen) atoms. The Morgan fingerprint density at radius 1 is 1.00 bits per heavy atom. The van der Waals surface area contributed by atoms with Crippen LogP contribution in [0.15, 0.2) is 42.5 Å². The van der Waals surface area contributed by atoms with Gasteiger partial charge in [0.1, 0.15) is 11.6 Å². The van der Waals surface area contributed by atoms with Crippen LogP contribution in [0.4, 0.5) is 4.39 Å². The molecular weight excluding hydrogens is 395 g/mol. The maximum absolute atomic E-state index is 14.7. The molecule has 5 heteroatoms. The lowest BCUT2D eigenvalue weighted by Crippen LogP contribution is -2.27. The second-order valence-electron chi connectivity index (χ2n) is 8.23. The predicted octanol–water partition coefficient (Wildman–Crippen LogP) is 6.63. The van der Waals surface area contributed by atoms with Crippen LogP contribution in [0.3, 0.4) is 0 Å². The highest BCUT2D eigenvalue weighted by atomic mass is 19.1. The summed E-state index contributed by atoms with van der Waals surface area (Å²) in [7, 11) is 0. The van der Waals surface area contributed by atoms with Crippen molar-refractivity contribution in [3.63, 3.8) is 0 Å². The van der Waals surface area contributed by atoms with Gasteiger partial charge >= 0.3 is 5.97 Å². The van der Waals surface area contributed by atoms with Crippen LogP contribution >= 0.6 is 0 Å². The molecule has 1 saturated heterocycles. The standard InChI is InChI=1S/C26H33FO4/c1-3-5-6-7-9-20-17-29-26(30-18-20)23-15-12-21(16-24(23)27)25(28)31-22-13-10-19(8-4-2)11-14-22/h10-16,20,26H,3-9,17-18H2,1-2H3. The van der Waals surface area contributed by atoms with E-state index in [2.05, 4.69) is 13.8 Å². The van der Waals surface area contributed by atoms with Gasteiger partial charge in [0.15, 0.2) is 6.29 Å². The van der Waals surface area contributed by atoms with E-state index in [0.29, 0.717) is 30.4 Å². The molecular formula is C26H33FO4. The van der Waals surface area contributed by atoms with Crippen molar-refractivity contribution in [2.75, 3.05) is 13.2 Å². The van der Waals surface area contributed by atoms with Crippen LogP contribution in [0, 0.1) is 11.7 Å². The number of carbonyl (C=O) groups is 1. The van der Waals surface area contributed by atoms with Gasteiger partial charge in [0.05, 0.1) is 18.8 Å². The van der Waals surface area contributed by atoms with Gasteiger partial charge in [-0.25, -0.2) is 9.18 Å². The van der Waals surface area contributed by atoms with E-state index in [9.17, 15) is 9.18 Å². The molecule has 0 bridgehead atoms. The summed E-state index contributed by atoms with van der Waals surface area (Å²) in [5.41, 5.74) is 1.65. The van der Waals surface area contributed by atoms with Gasteiger partial charge in [-0.15, -0.1) is 0 Å². The zero-order chi connectivity index (χ0) is 22.1. The molecule has 168 valence electrons. The number of esters is 1. The van der Waals surface area contributed by atoms with Crippen LogP contribution in [-0.2, 0) is 15.9 Å². The fraction of sp³-hybridized carbons (Fsp3) is 0.500. The number of ether oxygens (including phenoxy) is 3. The highest BCUT2D eigenvalue weighted by molar-refractivity contribution is 5.91. The van der Waals surface area contributed by atoms with Gasteiger partial charge in [-0.05, 0) is 42.7 Å². The van der Waals surface area contributed by atoms with Crippen molar-refractivity contribution in [2.45, 2.75) is 65.1 Å². The molecule has 0 aliphatic carbocycles. The van der Waals surface area contributed by atoms with Gasteiger partial charge < -0.3 is 14.2 Å². The summed E-state index contributed by atoms with van der Waals surface area (Å²) >= 11 is 0. The van der Waals surface area contributed by atoms with E-state index in [-0.39, 0.29) is 5.56 Å². The van der Waals surface area contributed by atoms with Gasteiger partial charge in [-0.3, -0.25) is 0 Å². The normalized spacial score (nSPS) is 18.7. The maximum Gasteiger partial charge on any atom is 0.343 e. The third kappa shape index (κ3) is 6.88. The molecule has 0 aromatic heterocycles.